The summed E-state index contributed by atoms with van der Waals surface area (Å²) in [6.07, 6.45) is 6.66. The quantitative estimate of drug-likeness (QED) is 0.848. The smallest absolute Gasteiger partial charge is 0.250 e. The Labute approximate surface area is 119 Å². The Morgan fingerprint density at radius 1 is 1.35 bits per heavy atom. The Balaban J connectivity index is 1.74. The molecule has 1 spiro atoms. The molecule has 0 saturated carbocycles. The number of anilines is 1. The number of aromatic nitrogens is 1. The van der Waals surface area contributed by atoms with Crippen LogP contribution in [0.2, 0.25) is 0 Å². The Hall–Kier alpha value is -1.62. The molecule has 0 aromatic carbocycles. The highest BCUT2D eigenvalue weighted by Crippen LogP contribution is 2.37. The van der Waals surface area contributed by atoms with Gasteiger partial charge in [0.15, 0.2) is 0 Å². The van der Waals surface area contributed by atoms with Gasteiger partial charge in [-0.1, -0.05) is 0 Å². The zero-order valence-electron chi connectivity index (χ0n) is 11.8. The van der Waals surface area contributed by atoms with E-state index in [0.29, 0.717) is 11.0 Å². The van der Waals surface area contributed by atoms with E-state index < -0.39 is 5.91 Å². The second-order valence-corrected chi connectivity index (χ2v) is 6.07. The second kappa shape index (κ2) is 5.40. The van der Waals surface area contributed by atoms with Gasteiger partial charge in [-0.25, -0.2) is 4.98 Å². The molecular formula is C15H22N4O. The molecule has 0 bridgehead atoms. The highest BCUT2D eigenvalue weighted by atomic mass is 16.1. The number of hydrogen-bond acceptors (Lipinski definition) is 4. The van der Waals surface area contributed by atoms with Gasteiger partial charge in [0.25, 0.3) is 0 Å². The van der Waals surface area contributed by atoms with E-state index in [4.69, 9.17) is 5.73 Å². The van der Waals surface area contributed by atoms with E-state index in [1.54, 1.807) is 12.3 Å². The first-order valence-corrected chi connectivity index (χ1v) is 7.40. The van der Waals surface area contributed by atoms with E-state index >= 15 is 0 Å². The topological polar surface area (TPSA) is 71.2 Å². The number of piperidine rings is 2. The van der Waals surface area contributed by atoms with Crippen LogP contribution in [0.4, 0.5) is 5.82 Å². The fraction of sp³-hybridized carbons (Fsp3) is 0.600. The molecule has 2 aliphatic rings. The van der Waals surface area contributed by atoms with E-state index in [0.717, 1.165) is 32.0 Å². The molecule has 3 heterocycles. The maximum Gasteiger partial charge on any atom is 0.250 e. The zero-order chi connectivity index (χ0) is 14.0. The summed E-state index contributed by atoms with van der Waals surface area (Å²) in [5.41, 5.74) is 6.13. The third-order valence-electron chi connectivity index (χ3n) is 4.58. The van der Waals surface area contributed by atoms with Crippen LogP contribution in [0.25, 0.3) is 0 Å². The molecule has 1 atom stereocenters. The van der Waals surface area contributed by atoms with Crippen LogP contribution in [0.15, 0.2) is 18.3 Å². The number of amides is 1. The summed E-state index contributed by atoms with van der Waals surface area (Å²) in [5, 5.41) is 3.53. The highest BCUT2D eigenvalue weighted by molar-refractivity contribution is 5.92. The van der Waals surface area contributed by atoms with Gasteiger partial charge in [-0.15, -0.1) is 0 Å². The molecule has 2 saturated heterocycles. The van der Waals surface area contributed by atoms with Crippen molar-refractivity contribution >= 4 is 11.7 Å². The van der Waals surface area contributed by atoms with Crippen LogP contribution in [-0.2, 0) is 0 Å². The lowest BCUT2D eigenvalue weighted by molar-refractivity contribution is 0.1000. The fourth-order valence-electron chi connectivity index (χ4n) is 3.50. The third kappa shape index (κ3) is 2.63. The molecule has 0 aliphatic carbocycles. The van der Waals surface area contributed by atoms with E-state index in [2.05, 4.69) is 15.2 Å². The first-order valence-electron chi connectivity index (χ1n) is 7.40. The normalized spacial score (nSPS) is 26.7. The van der Waals surface area contributed by atoms with Crippen molar-refractivity contribution in [2.45, 2.75) is 25.7 Å². The van der Waals surface area contributed by atoms with Crippen molar-refractivity contribution in [3.8, 4) is 0 Å². The standard InChI is InChI=1S/C15H22N4O/c16-14(20)12-3-4-13(18-9-12)19-8-2-6-15(11-19)5-1-7-17-10-15/h3-4,9,17H,1-2,5-8,10-11H2,(H2,16,20). The largest absolute Gasteiger partial charge is 0.366 e. The number of primary amides is 1. The summed E-state index contributed by atoms with van der Waals surface area (Å²) in [6, 6.07) is 3.68. The summed E-state index contributed by atoms with van der Waals surface area (Å²) in [6.45, 7) is 4.36. The number of rotatable bonds is 2. The summed E-state index contributed by atoms with van der Waals surface area (Å²) in [7, 11) is 0. The van der Waals surface area contributed by atoms with E-state index in [1.807, 2.05) is 6.07 Å². The number of nitrogens with two attached hydrogens (primary N) is 1. The summed E-state index contributed by atoms with van der Waals surface area (Å²) >= 11 is 0. The van der Waals surface area contributed by atoms with Gasteiger partial charge >= 0.3 is 0 Å². The van der Waals surface area contributed by atoms with E-state index in [9.17, 15) is 4.79 Å². The lowest BCUT2D eigenvalue weighted by atomic mass is 9.74. The van der Waals surface area contributed by atoms with Gasteiger partial charge in [-0.3, -0.25) is 4.79 Å². The second-order valence-electron chi connectivity index (χ2n) is 6.07. The van der Waals surface area contributed by atoms with Crippen molar-refractivity contribution in [2.24, 2.45) is 11.1 Å². The van der Waals surface area contributed by atoms with Crippen LogP contribution in [0.3, 0.4) is 0 Å². The molecule has 1 aromatic heterocycles. The Kier molecular flexibility index (Phi) is 3.61. The lowest BCUT2D eigenvalue weighted by Gasteiger charge is -2.45. The average Bonchev–Trinajstić information content (AvgIpc) is 2.48. The van der Waals surface area contributed by atoms with Crippen LogP contribution < -0.4 is 16.0 Å². The van der Waals surface area contributed by atoms with Crippen LogP contribution in [0, 0.1) is 5.41 Å². The summed E-state index contributed by atoms with van der Waals surface area (Å²) in [5.74, 6) is 0.537. The molecule has 5 nitrogen and oxygen atoms in total. The minimum absolute atomic E-state index is 0.403. The molecule has 2 fully saturated rings. The summed E-state index contributed by atoms with van der Waals surface area (Å²) in [4.78, 5) is 17.8. The number of nitrogens with zero attached hydrogens (tertiary/aromatic N) is 2. The van der Waals surface area contributed by atoms with Crippen molar-refractivity contribution in [2.75, 3.05) is 31.1 Å². The van der Waals surface area contributed by atoms with Gasteiger partial charge in [0.05, 0.1) is 5.56 Å². The van der Waals surface area contributed by atoms with Crippen LogP contribution in [-0.4, -0.2) is 37.1 Å². The van der Waals surface area contributed by atoms with Gasteiger partial charge in [-0.2, -0.15) is 0 Å². The van der Waals surface area contributed by atoms with Crippen molar-refractivity contribution < 1.29 is 4.79 Å². The van der Waals surface area contributed by atoms with Gasteiger partial charge in [-0.05, 0) is 44.4 Å². The molecule has 0 radical (unpaired) electrons. The first kappa shape index (κ1) is 13.4. The predicted molar refractivity (Wildman–Crippen MR) is 78.7 cm³/mol. The van der Waals surface area contributed by atoms with Crippen LogP contribution >= 0.6 is 0 Å². The number of pyridine rings is 1. The number of nitrogens with one attached hydrogen (secondary N) is 1. The van der Waals surface area contributed by atoms with Crippen LogP contribution in [0.1, 0.15) is 36.0 Å². The molecular weight excluding hydrogens is 252 g/mol. The zero-order valence-corrected chi connectivity index (χ0v) is 11.8. The SMILES string of the molecule is NC(=O)c1ccc(N2CCCC3(CCCNC3)C2)nc1. The lowest BCUT2D eigenvalue weighted by Crippen LogP contribution is -2.51. The van der Waals surface area contributed by atoms with Crippen molar-refractivity contribution in [1.82, 2.24) is 10.3 Å². The molecule has 3 N–H and O–H groups in total. The Bertz CT molecular complexity index is 474. The van der Waals surface area contributed by atoms with Crippen molar-refractivity contribution in [3.05, 3.63) is 23.9 Å². The minimum Gasteiger partial charge on any atom is -0.366 e. The Morgan fingerprint density at radius 3 is 2.85 bits per heavy atom. The molecule has 1 aromatic rings. The van der Waals surface area contributed by atoms with Crippen molar-refractivity contribution in [3.63, 3.8) is 0 Å². The third-order valence-corrected chi connectivity index (χ3v) is 4.58. The van der Waals surface area contributed by atoms with Gasteiger partial charge in [0.1, 0.15) is 5.82 Å². The minimum atomic E-state index is -0.421. The van der Waals surface area contributed by atoms with Crippen molar-refractivity contribution in [1.29, 1.82) is 0 Å². The molecule has 108 valence electrons. The molecule has 20 heavy (non-hydrogen) atoms. The maximum absolute atomic E-state index is 11.1. The molecule has 5 heteroatoms. The first-order chi connectivity index (χ1) is 9.69. The predicted octanol–water partition coefficient (Wildman–Crippen LogP) is 1.15. The Morgan fingerprint density at radius 2 is 2.20 bits per heavy atom. The summed E-state index contributed by atoms with van der Waals surface area (Å²) < 4.78 is 0. The molecule has 1 unspecified atom stereocenters. The van der Waals surface area contributed by atoms with E-state index in [1.165, 1.54) is 25.7 Å². The molecule has 3 rings (SSSR count). The highest BCUT2D eigenvalue weighted by Gasteiger charge is 2.36. The number of hydrogen-bond donors (Lipinski definition) is 2. The van der Waals surface area contributed by atoms with Gasteiger partial charge in [0, 0.05) is 31.2 Å². The fourth-order valence-corrected chi connectivity index (χ4v) is 3.50. The maximum atomic E-state index is 11.1. The average molecular weight is 274 g/mol. The number of carbonyl (C=O) groups is 1. The van der Waals surface area contributed by atoms with Gasteiger partial charge in [0.2, 0.25) is 5.91 Å². The molecule has 1 amide bonds. The van der Waals surface area contributed by atoms with Gasteiger partial charge < -0.3 is 16.0 Å². The van der Waals surface area contributed by atoms with E-state index in [-0.39, 0.29) is 0 Å². The number of carbonyl (C=O) groups excluding carboxylic acids is 1. The molecule has 2 aliphatic heterocycles. The van der Waals surface area contributed by atoms with Crippen LogP contribution in [0.5, 0.6) is 0 Å². The monoisotopic (exact) mass is 274 g/mol.